The molecule has 0 aromatic carbocycles. The lowest BCUT2D eigenvalue weighted by molar-refractivity contribution is -0.119. The number of carbonyl (C=O) groups is 1. The molecule has 1 aliphatic rings. The van der Waals surface area contributed by atoms with E-state index in [1.54, 1.807) is 0 Å². The Kier molecular flexibility index (Phi) is 3.06. The summed E-state index contributed by atoms with van der Waals surface area (Å²) in [5.74, 6) is 1.39. The fourth-order valence-electron chi connectivity index (χ4n) is 1.15. The van der Waals surface area contributed by atoms with Gasteiger partial charge in [-0.05, 0) is 24.9 Å². The minimum Gasteiger partial charge on any atom is -0.353 e. The monoisotopic (exact) mass is 159 g/mol. The van der Waals surface area contributed by atoms with Crippen LogP contribution >= 0.6 is 11.8 Å². The lowest BCUT2D eigenvalue weighted by Gasteiger charge is -2.06. The SMILES string of the molecule is CSCC[C@H]1CCC(=O)N1. The van der Waals surface area contributed by atoms with Gasteiger partial charge >= 0.3 is 0 Å². The first-order chi connectivity index (χ1) is 4.83. The molecule has 0 aromatic heterocycles. The average molecular weight is 159 g/mol. The maximum atomic E-state index is 10.7. The Hall–Kier alpha value is -0.180. The fourth-order valence-corrected chi connectivity index (χ4v) is 1.67. The molecule has 0 saturated carbocycles. The molecule has 1 N–H and O–H groups in total. The van der Waals surface area contributed by atoms with Crippen LogP contribution in [0.3, 0.4) is 0 Å². The first kappa shape index (κ1) is 7.92. The van der Waals surface area contributed by atoms with Crippen LogP contribution in [0.2, 0.25) is 0 Å². The zero-order chi connectivity index (χ0) is 7.40. The summed E-state index contributed by atoms with van der Waals surface area (Å²) in [7, 11) is 0. The van der Waals surface area contributed by atoms with E-state index in [1.165, 1.54) is 0 Å². The summed E-state index contributed by atoms with van der Waals surface area (Å²) in [5, 5.41) is 2.94. The Morgan fingerprint density at radius 3 is 3.10 bits per heavy atom. The highest BCUT2D eigenvalue weighted by molar-refractivity contribution is 7.98. The minimum atomic E-state index is 0.228. The van der Waals surface area contributed by atoms with Gasteiger partial charge in [-0.3, -0.25) is 4.79 Å². The Bertz CT molecular complexity index is 127. The van der Waals surface area contributed by atoms with Crippen molar-refractivity contribution in [1.82, 2.24) is 5.32 Å². The Labute approximate surface area is 65.8 Å². The molecule has 0 aromatic rings. The summed E-state index contributed by atoms with van der Waals surface area (Å²) in [5.41, 5.74) is 0. The molecule has 10 heavy (non-hydrogen) atoms. The molecule has 0 radical (unpaired) electrons. The fraction of sp³-hybridized carbons (Fsp3) is 0.857. The van der Waals surface area contributed by atoms with E-state index in [9.17, 15) is 4.79 Å². The molecule has 0 unspecified atom stereocenters. The van der Waals surface area contributed by atoms with Crippen LogP contribution in [0.15, 0.2) is 0 Å². The number of hydrogen-bond acceptors (Lipinski definition) is 2. The number of hydrogen-bond donors (Lipinski definition) is 1. The Balaban J connectivity index is 2.12. The normalized spacial score (nSPS) is 24.9. The third kappa shape index (κ3) is 2.21. The molecule has 58 valence electrons. The van der Waals surface area contributed by atoms with E-state index < -0.39 is 0 Å². The van der Waals surface area contributed by atoms with Gasteiger partial charge in [0.05, 0.1) is 0 Å². The summed E-state index contributed by atoms with van der Waals surface area (Å²) < 4.78 is 0. The van der Waals surface area contributed by atoms with Crippen molar-refractivity contribution in [3.63, 3.8) is 0 Å². The van der Waals surface area contributed by atoms with E-state index in [-0.39, 0.29) is 5.91 Å². The van der Waals surface area contributed by atoms with Crippen LogP contribution in [0, 0.1) is 0 Å². The van der Waals surface area contributed by atoms with E-state index in [4.69, 9.17) is 0 Å². The van der Waals surface area contributed by atoms with Gasteiger partial charge in [0.25, 0.3) is 0 Å². The molecule has 0 spiro atoms. The van der Waals surface area contributed by atoms with Gasteiger partial charge < -0.3 is 5.32 Å². The van der Waals surface area contributed by atoms with Crippen LogP contribution in [-0.2, 0) is 4.79 Å². The quantitative estimate of drug-likeness (QED) is 0.666. The zero-order valence-electron chi connectivity index (χ0n) is 6.22. The highest BCUT2D eigenvalue weighted by Gasteiger charge is 2.19. The van der Waals surface area contributed by atoms with Gasteiger partial charge in [-0.1, -0.05) is 0 Å². The largest absolute Gasteiger partial charge is 0.353 e. The second-order valence-electron chi connectivity index (χ2n) is 2.58. The average Bonchev–Trinajstić information content (AvgIpc) is 2.31. The van der Waals surface area contributed by atoms with E-state index >= 15 is 0 Å². The number of amides is 1. The first-order valence-electron chi connectivity index (χ1n) is 3.61. The molecular formula is C7H13NOS. The first-order valence-corrected chi connectivity index (χ1v) is 5.00. The summed E-state index contributed by atoms with van der Waals surface area (Å²) in [6.07, 6.45) is 5.00. The molecule has 1 amide bonds. The Morgan fingerprint density at radius 1 is 1.80 bits per heavy atom. The summed E-state index contributed by atoms with van der Waals surface area (Å²) in [6.45, 7) is 0. The van der Waals surface area contributed by atoms with E-state index in [1.807, 2.05) is 11.8 Å². The number of nitrogens with one attached hydrogen (secondary N) is 1. The van der Waals surface area contributed by atoms with Crippen LogP contribution in [-0.4, -0.2) is 24.0 Å². The highest BCUT2D eigenvalue weighted by Crippen LogP contribution is 2.11. The van der Waals surface area contributed by atoms with Gasteiger partial charge in [0, 0.05) is 12.5 Å². The molecule has 1 heterocycles. The molecule has 1 atom stereocenters. The summed E-state index contributed by atoms with van der Waals surface area (Å²) >= 11 is 1.84. The van der Waals surface area contributed by atoms with Gasteiger partial charge in [-0.15, -0.1) is 0 Å². The molecule has 0 bridgehead atoms. The molecule has 1 aliphatic heterocycles. The van der Waals surface area contributed by atoms with Gasteiger partial charge in [-0.25, -0.2) is 0 Å². The summed E-state index contributed by atoms with van der Waals surface area (Å²) in [4.78, 5) is 10.7. The number of carbonyl (C=O) groups excluding carboxylic acids is 1. The second kappa shape index (κ2) is 3.86. The van der Waals surface area contributed by atoms with Crippen molar-refractivity contribution < 1.29 is 4.79 Å². The standard InChI is InChI=1S/C7H13NOS/c1-10-5-4-6-2-3-7(9)8-6/h6H,2-5H2,1H3,(H,8,9)/t6-/m1/s1. The van der Waals surface area contributed by atoms with Crippen LogP contribution in [0.5, 0.6) is 0 Å². The van der Waals surface area contributed by atoms with Crippen LogP contribution in [0.1, 0.15) is 19.3 Å². The van der Waals surface area contributed by atoms with Gasteiger partial charge in [0.2, 0.25) is 5.91 Å². The van der Waals surface area contributed by atoms with Crippen molar-refractivity contribution in [1.29, 1.82) is 0 Å². The summed E-state index contributed by atoms with van der Waals surface area (Å²) in [6, 6.07) is 0.472. The lowest BCUT2D eigenvalue weighted by atomic mass is 10.2. The molecule has 1 rings (SSSR count). The van der Waals surface area contributed by atoms with Crippen molar-refractivity contribution in [3.05, 3.63) is 0 Å². The van der Waals surface area contributed by atoms with Crippen molar-refractivity contribution in [2.45, 2.75) is 25.3 Å². The molecular weight excluding hydrogens is 146 g/mol. The van der Waals surface area contributed by atoms with Crippen LogP contribution < -0.4 is 5.32 Å². The molecule has 1 fully saturated rings. The number of rotatable bonds is 3. The zero-order valence-corrected chi connectivity index (χ0v) is 7.04. The van der Waals surface area contributed by atoms with Gasteiger partial charge in [0.15, 0.2) is 0 Å². The van der Waals surface area contributed by atoms with Gasteiger partial charge in [-0.2, -0.15) is 11.8 Å². The Morgan fingerprint density at radius 2 is 2.60 bits per heavy atom. The van der Waals surface area contributed by atoms with Crippen molar-refractivity contribution >= 4 is 17.7 Å². The second-order valence-corrected chi connectivity index (χ2v) is 3.57. The lowest BCUT2D eigenvalue weighted by Crippen LogP contribution is -2.25. The number of thioether (sulfide) groups is 1. The molecule has 2 nitrogen and oxygen atoms in total. The van der Waals surface area contributed by atoms with Crippen molar-refractivity contribution in [2.75, 3.05) is 12.0 Å². The van der Waals surface area contributed by atoms with E-state index in [0.717, 1.165) is 25.0 Å². The molecule has 0 aliphatic carbocycles. The van der Waals surface area contributed by atoms with Gasteiger partial charge in [0.1, 0.15) is 0 Å². The smallest absolute Gasteiger partial charge is 0.220 e. The predicted octanol–water partition coefficient (Wildman–Crippen LogP) is 1.02. The minimum absolute atomic E-state index is 0.228. The van der Waals surface area contributed by atoms with Crippen molar-refractivity contribution in [3.8, 4) is 0 Å². The topological polar surface area (TPSA) is 29.1 Å². The van der Waals surface area contributed by atoms with E-state index in [2.05, 4.69) is 11.6 Å². The molecule has 3 heteroatoms. The maximum absolute atomic E-state index is 10.7. The van der Waals surface area contributed by atoms with Crippen LogP contribution in [0.4, 0.5) is 0 Å². The predicted molar refractivity (Wildman–Crippen MR) is 44.2 cm³/mol. The molecule has 1 saturated heterocycles. The maximum Gasteiger partial charge on any atom is 0.220 e. The van der Waals surface area contributed by atoms with Crippen LogP contribution in [0.25, 0.3) is 0 Å². The third-order valence-corrected chi connectivity index (χ3v) is 2.40. The van der Waals surface area contributed by atoms with Crippen molar-refractivity contribution in [2.24, 2.45) is 0 Å². The third-order valence-electron chi connectivity index (χ3n) is 1.76. The highest BCUT2D eigenvalue weighted by atomic mass is 32.2. The van der Waals surface area contributed by atoms with E-state index in [0.29, 0.717) is 6.04 Å².